The quantitative estimate of drug-likeness (QED) is 0.835. The van der Waals surface area contributed by atoms with E-state index in [1.165, 1.54) is 0 Å². The van der Waals surface area contributed by atoms with Crippen molar-refractivity contribution in [1.29, 1.82) is 0 Å². The highest BCUT2D eigenvalue weighted by Crippen LogP contribution is 2.38. The molecular weight excluding hydrogens is 258 g/mol. The van der Waals surface area contributed by atoms with Gasteiger partial charge in [-0.25, -0.2) is 8.42 Å². The van der Waals surface area contributed by atoms with E-state index in [1.807, 2.05) is 46.8 Å². The van der Waals surface area contributed by atoms with Gasteiger partial charge in [-0.1, -0.05) is 39.0 Å². The Morgan fingerprint density at radius 1 is 1.16 bits per heavy atom. The Balaban J connectivity index is 2.54. The molecule has 1 aromatic carbocycles. The van der Waals surface area contributed by atoms with Crippen LogP contribution in [0.5, 0.6) is 0 Å². The first-order valence-electron chi connectivity index (χ1n) is 6.69. The second-order valence-electron chi connectivity index (χ2n) is 6.89. The standard InChI is InChI=1S/C15H23NO2S/c1-14(2,3)12-8-6-7-9-13(12)19(17,18)16-11-10-15(16,4)5/h6-9H,10-11H2,1-5H3. The molecule has 1 aliphatic rings. The zero-order valence-electron chi connectivity index (χ0n) is 12.4. The lowest BCUT2D eigenvalue weighted by Gasteiger charge is -2.47. The molecule has 0 aliphatic carbocycles. The first-order valence-corrected chi connectivity index (χ1v) is 8.13. The number of benzene rings is 1. The highest BCUT2D eigenvalue weighted by molar-refractivity contribution is 7.89. The fourth-order valence-corrected chi connectivity index (χ4v) is 4.74. The Hall–Kier alpha value is -0.870. The highest BCUT2D eigenvalue weighted by Gasteiger charge is 2.45. The highest BCUT2D eigenvalue weighted by atomic mass is 32.2. The molecular formula is C15H23NO2S. The molecule has 4 heteroatoms. The van der Waals surface area contributed by atoms with E-state index in [2.05, 4.69) is 0 Å². The lowest BCUT2D eigenvalue weighted by molar-refractivity contribution is 0.110. The minimum absolute atomic E-state index is 0.182. The van der Waals surface area contributed by atoms with Gasteiger partial charge < -0.3 is 0 Å². The van der Waals surface area contributed by atoms with Crippen molar-refractivity contribution >= 4 is 10.0 Å². The topological polar surface area (TPSA) is 37.4 Å². The van der Waals surface area contributed by atoms with Crippen LogP contribution in [0, 0.1) is 0 Å². The maximum Gasteiger partial charge on any atom is 0.243 e. The number of nitrogens with zero attached hydrogens (tertiary/aromatic N) is 1. The third-order valence-corrected chi connectivity index (χ3v) is 6.03. The van der Waals surface area contributed by atoms with E-state index in [9.17, 15) is 8.42 Å². The lowest BCUT2D eigenvalue weighted by atomic mass is 9.87. The summed E-state index contributed by atoms with van der Waals surface area (Å²) in [6.45, 7) is 10.7. The van der Waals surface area contributed by atoms with E-state index in [0.29, 0.717) is 11.4 Å². The molecule has 1 heterocycles. The Bertz CT molecular complexity index is 582. The van der Waals surface area contributed by atoms with Gasteiger partial charge in [-0.3, -0.25) is 0 Å². The number of sulfonamides is 1. The lowest BCUT2D eigenvalue weighted by Crippen LogP contribution is -2.58. The van der Waals surface area contributed by atoms with E-state index in [4.69, 9.17) is 0 Å². The summed E-state index contributed by atoms with van der Waals surface area (Å²) in [4.78, 5) is 0.454. The van der Waals surface area contributed by atoms with Crippen LogP contribution in [0.2, 0.25) is 0 Å². The van der Waals surface area contributed by atoms with Gasteiger partial charge in [0.15, 0.2) is 0 Å². The van der Waals surface area contributed by atoms with Crippen LogP contribution in [0.1, 0.15) is 46.6 Å². The minimum atomic E-state index is -3.39. The molecule has 0 amide bonds. The summed E-state index contributed by atoms with van der Waals surface area (Å²) in [6, 6.07) is 7.35. The van der Waals surface area contributed by atoms with Crippen LogP contribution in [0.4, 0.5) is 0 Å². The largest absolute Gasteiger partial charge is 0.243 e. The van der Waals surface area contributed by atoms with Crippen molar-refractivity contribution in [3.8, 4) is 0 Å². The van der Waals surface area contributed by atoms with Crippen LogP contribution in [0.15, 0.2) is 29.2 Å². The van der Waals surface area contributed by atoms with Crippen LogP contribution in [-0.4, -0.2) is 24.8 Å². The maximum atomic E-state index is 12.8. The van der Waals surface area contributed by atoms with Gasteiger partial charge in [0.25, 0.3) is 0 Å². The van der Waals surface area contributed by atoms with Crippen molar-refractivity contribution in [2.75, 3.05) is 6.54 Å². The van der Waals surface area contributed by atoms with Crippen LogP contribution >= 0.6 is 0 Å². The minimum Gasteiger partial charge on any atom is -0.207 e. The van der Waals surface area contributed by atoms with Crippen molar-refractivity contribution in [2.45, 2.75) is 56.9 Å². The second kappa shape index (κ2) is 4.32. The summed E-state index contributed by atoms with van der Waals surface area (Å²) in [7, 11) is -3.39. The molecule has 0 saturated carbocycles. The monoisotopic (exact) mass is 281 g/mol. The second-order valence-corrected chi connectivity index (χ2v) is 8.72. The summed E-state index contributed by atoms with van der Waals surface area (Å²) in [5, 5.41) is 0. The van der Waals surface area contributed by atoms with Gasteiger partial charge in [-0.2, -0.15) is 4.31 Å². The van der Waals surface area contributed by atoms with E-state index in [-0.39, 0.29) is 11.0 Å². The normalized spacial score (nSPS) is 20.1. The molecule has 106 valence electrons. The number of rotatable bonds is 2. The van der Waals surface area contributed by atoms with Crippen LogP contribution in [0.25, 0.3) is 0 Å². The first kappa shape index (κ1) is 14.5. The molecule has 0 N–H and O–H groups in total. The maximum absolute atomic E-state index is 12.8. The predicted molar refractivity (Wildman–Crippen MR) is 77.7 cm³/mol. The third kappa shape index (κ3) is 2.43. The Kier molecular flexibility index (Phi) is 3.30. The molecule has 0 radical (unpaired) electrons. The SMILES string of the molecule is CC(C)(C)c1ccccc1S(=O)(=O)N1CCC1(C)C. The summed E-state index contributed by atoms with van der Waals surface area (Å²) < 4.78 is 27.3. The van der Waals surface area contributed by atoms with Crippen LogP contribution < -0.4 is 0 Å². The van der Waals surface area contributed by atoms with Crippen molar-refractivity contribution in [2.24, 2.45) is 0 Å². The number of hydrogen-bond donors (Lipinski definition) is 0. The first-order chi connectivity index (χ1) is 8.57. The Morgan fingerprint density at radius 2 is 1.74 bits per heavy atom. The van der Waals surface area contributed by atoms with Crippen molar-refractivity contribution < 1.29 is 8.42 Å². The summed E-state index contributed by atoms with van der Waals surface area (Å²) in [6.07, 6.45) is 0.921. The van der Waals surface area contributed by atoms with Gasteiger partial charge >= 0.3 is 0 Å². The third-order valence-electron chi connectivity index (χ3n) is 3.86. The van der Waals surface area contributed by atoms with E-state index in [0.717, 1.165) is 12.0 Å². The van der Waals surface area contributed by atoms with Crippen molar-refractivity contribution in [3.05, 3.63) is 29.8 Å². The fraction of sp³-hybridized carbons (Fsp3) is 0.600. The van der Waals surface area contributed by atoms with Crippen molar-refractivity contribution in [3.63, 3.8) is 0 Å². The van der Waals surface area contributed by atoms with E-state index >= 15 is 0 Å². The van der Waals surface area contributed by atoms with Gasteiger partial charge in [0.05, 0.1) is 4.90 Å². The Labute approximate surface area is 116 Å². The average molecular weight is 281 g/mol. The van der Waals surface area contributed by atoms with Gasteiger partial charge in [0, 0.05) is 12.1 Å². The van der Waals surface area contributed by atoms with E-state index in [1.54, 1.807) is 16.4 Å². The van der Waals surface area contributed by atoms with Gasteiger partial charge in [-0.15, -0.1) is 0 Å². The fourth-order valence-electron chi connectivity index (χ4n) is 2.53. The summed E-state index contributed by atoms with van der Waals surface area (Å²) in [5.41, 5.74) is 0.445. The van der Waals surface area contributed by atoms with Gasteiger partial charge in [0.2, 0.25) is 10.0 Å². The molecule has 0 spiro atoms. The molecule has 1 aromatic rings. The summed E-state index contributed by atoms with van der Waals surface area (Å²) >= 11 is 0. The molecule has 0 aromatic heterocycles. The molecule has 2 rings (SSSR count). The number of hydrogen-bond acceptors (Lipinski definition) is 2. The van der Waals surface area contributed by atoms with Gasteiger partial charge in [-0.05, 0) is 37.3 Å². The zero-order chi connectivity index (χ0) is 14.5. The smallest absolute Gasteiger partial charge is 0.207 e. The molecule has 1 fully saturated rings. The summed E-state index contributed by atoms with van der Waals surface area (Å²) in [5.74, 6) is 0. The molecule has 1 aliphatic heterocycles. The predicted octanol–water partition coefficient (Wildman–Crippen LogP) is 3.16. The molecule has 0 unspecified atom stereocenters. The molecule has 19 heavy (non-hydrogen) atoms. The zero-order valence-corrected chi connectivity index (χ0v) is 13.2. The van der Waals surface area contributed by atoms with E-state index < -0.39 is 10.0 Å². The molecule has 3 nitrogen and oxygen atoms in total. The Morgan fingerprint density at radius 3 is 2.16 bits per heavy atom. The molecule has 1 saturated heterocycles. The van der Waals surface area contributed by atoms with Crippen molar-refractivity contribution in [1.82, 2.24) is 4.31 Å². The molecule has 0 atom stereocenters. The van der Waals surface area contributed by atoms with Gasteiger partial charge in [0.1, 0.15) is 0 Å². The average Bonchev–Trinajstić information content (AvgIpc) is 2.26. The molecule has 0 bridgehead atoms. The van der Waals surface area contributed by atoms with Crippen LogP contribution in [0.3, 0.4) is 0 Å². The van der Waals surface area contributed by atoms with Crippen LogP contribution in [-0.2, 0) is 15.4 Å².